The number of nitro benzene ring substituents is 1. The summed E-state index contributed by atoms with van der Waals surface area (Å²) >= 11 is 0. The van der Waals surface area contributed by atoms with Crippen LogP contribution in [-0.4, -0.2) is 36.7 Å². The molecule has 28 heavy (non-hydrogen) atoms. The zero-order chi connectivity index (χ0) is 19.9. The van der Waals surface area contributed by atoms with Crippen molar-refractivity contribution in [1.82, 2.24) is 0 Å². The monoisotopic (exact) mass is 381 g/mol. The highest BCUT2D eigenvalue weighted by Crippen LogP contribution is 2.30. The third-order valence-electron chi connectivity index (χ3n) is 4.72. The van der Waals surface area contributed by atoms with Crippen LogP contribution < -0.4 is 9.64 Å². The van der Waals surface area contributed by atoms with Gasteiger partial charge in [0.25, 0.3) is 5.69 Å². The number of ketones is 1. The summed E-state index contributed by atoms with van der Waals surface area (Å²) in [6.45, 7) is 0.770. The van der Waals surface area contributed by atoms with Crippen molar-refractivity contribution in [2.75, 3.05) is 25.1 Å². The Morgan fingerprint density at radius 1 is 1.18 bits per heavy atom. The third kappa shape index (κ3) is 4.54. The molecule has 0 amide bonds. The Kier molecular flexibility index (Phi) is 6.37. The van der Waals surface area contributed by atoms with Crippen molar-refractivity contribution >= 4 is 23.0 Å². The molecule has 0 N–H and O–H groups in total. The largest absolute Gasteiger partial charge is 0.495 e. The van der Waals surface area contributed by atoms with Gasteiger partial charge < -0.3 is 9.64 Å². The van der Waals surface area contributed by atoms with Crippen molar-refractivity contribution in [1.29, 1.82) is 0 Å². The molecule has 7 nitrogen and oxygen atoms in total. The molecule has 7 heteroatoms. The minimum Gasteiger partial charge on any atom is -0.495 e. The average molecular weight is 381 g/mol. The first-order valence-corrected chi connectivity index (χ1v) is 9.31. The zero-order valence-electron chi connectivity index (χ0n) is 15.8. The summed E-state index contributed by atoms with van der Waals surface area (Å²) in [6.07, 6.45) is 3.92. The van der Waals surface area contributed by atoms with Gasteiger partial charge in [-0.15, -0.1) is 0 Å². The Morgan fingerprint density at radius 2 is 2.00 bits per heavy atom. The van der Waals surface area contributed by atoms with Gasteiger partial charge in [-0.2, -0.15) is 0 Å². The molecule has 2 aromatic rings. The van der Waals surface area contributed by atoms with E-state index < -0.39 is 4.92 Å². The molecule has 0 unspecified atom stereocenters. The molecule has 0 fully saturated rings. The standard InChI is InChI=1S/C21H23N3O4/c1-28-20-11-5-4-10-18(20)23(21-12-3-2-6-13-22-21)15-19(25)16-8-7-9-17(14-16)24(26)27/h4-5,7-11,14H,2-3,6,12-13,15H2,1H3. The molecule has 0 spiro atoms. The molecule has 1 aliphatic rings. The Bertz CT molecular complexity index is 895. The van der Waals surface area contributed by atoms with Gasteiger partial charge >= 0.3 is 0 Å². The van der Waals surface area contributed by atoms with E-state index in [0.29, 0.717) is 11.3 Å². The Morgan fingerprint density at radius 3 is 2.79 bits per heavy atom. The summed E-state index contributed by atoms with van der Waals surface area (Å²) in [7, 11) is 1.59. The number of aliphatic imine (C=N–C) groups is 1. The summed E-state index contributed by atoms with van der Waals surface area (Å²) in [6, 6.07) is 13.3. The molecule has 0 atom stereocenters. The van der Waals surface area contributed by atoms with Gasteiger partial charge in [0.15, 0.2) is 5.78 Å². The van der Waals surface area contributed by atoms with Crippen LogP contribution in [0.5, 0.6) is 5.75 Å². The molecule has 0 aromatic heterocycles. The lowest BCUT2D eigenvalue weighted by Gasteiger charge is -2.27. The summed E-state index contributed by atoms with van der Waals surface area (Å²) in [5, 5.41) is 11.0. The maximum absolute atomic E-state index is 13.0. The number of nitro groups is 1. The second kappa shape index (κ2) is 9.12. The third-order valence-corrected chi connectivity index (χ3v) is 4.72. The number of hydrogen-bond acceptors (Lipinski definition) is 6. The fourth-order valence-electron chi connectivity index (χ4n) is 3.28. The number of anilines is 1. The number of hydrogen-bond donors (Lipinski definition) is 0. The number of carbonyl (C=O) groups excluding carboxylic acids is 1. The molecule has 1 heterocycles. The fraction of sp³-hybridized carbons (Fsp3) is 0.333. The van der Waals surface area contributed by atoms with E-state index >= 15 is 0 Å². The second-order valence-electron chi connectivity index (χ2n) is 6.60. The maximum atomic E-state index is 13.0. The van der Waals surface area contributed by atoms with E-state index in [2.05, 4.69) is 0 Å². The van der Waals surface area contributed by atoms with Gasteiger partial charge in [-0.1, -0.05) is 30.7 Å². The summed E-state index contributed by atoms with van der Waals surface area (Å²) < 4.78 is 5.49. The van der Waals surface area contributed by atoms with Crippen LogP contribution in [0.25, 0.3) is 0 Å². The predicted octanol–water partition coefficient (Wildman–Crippen LogP) is 4.27. The number of benzene rings is 2. The number of non-ortho nitro benzene ring substituents is 1. The van der Waals surface area contributed by atoms with Crippen LogP contribution in [0.15, 0.2) is 53.5 Å². The lowest BCUT2D eigenvalue weighted by Crippen LogP contribution is -2.36. The molecule has 0 aliphatic carbocycles. The van der Waals surface area contributed by atoms with Gasteiger partial charge in [-0.05, 0) is 25.0 Å². The molecule has 3 rings (SSSR count). The average Bonchev–Trinajstić information content (AvgIpc) is 3.01. The van der Waals surface area contributed by atoms with Crippen molar-refractivity contribution in [2.45, 2.75) is 25.7 Å². The van der Waals surface area contributed by atoms with Crippen molar-refractivity contribution in [3.8, 4) is 5.75 Å². The van der Waals surface area contributed by atoms with E-state index in [-0.39, 0.29) is 18.0 Å². The van der Waals surface area contributed by atoms with E-state index in [0.717, 1.165) is 43.8 Å². The van der Waals surface area contributed by atoms with E-state index in [1.807, 2.05) is 29.2 Å². The highest BCUT2D eigenvalue weighted by molar-refractivity contribution is 6.08. The molecule has 146 valence electrons. The van der Waals surface area contributed by atoms with Crippen molar-refractivity contribution < 1.29 is 14.5 Å². The molecule has 1 aliphatic heterocycles. The number of rotatable bonds is 6. The smallest absolute Gasteiger partial charge is 0.270 e. The maximum Gasteiger partial charge on any atom is 0.270 e. The minimum absolute atomic E-state index is 0.0420. The lowest BCUT2D eigenvalue weighted by molar-refractivity contribution is -0.384. The fourth-order valence-corrected chi connectivity index (χ4v) is 3.28. The Labute approximate surface area is 163 Å². The van der Waals surface area contributed by atoms with Crippen molar-refractivity contribution in [2.24, 2.45) is 4.99 Å². The zero-order valence-corrected chi connectivity index (χ0v) is 15.8. The summed E-state index contributed by atoms with van der Waals surface area (Å²) in [5.41, 5.74) is 0.981. The molecule has 0 bridgehead atoms. The summed E-state index contributed by atoms with van der Waals surface area (Å²) in [5.74, 6) is 1.30. The highest BCUT2D eigenvalue weighted by atomic mass is 16.6. The molecule has 0 saturated heterocycles. The minimum atomic E-state index is -0.496. The van der Waals surface area contributed by atoms with Gasteiger partial charge in [-0.25, -0.2) is 0 Å². The number of carbonyl (C=O) groups is 1. The van der Waals surface area contributed by atoms with Crippen LogP contribution in [0.3, 0.4) is 0 Å². The van der Waals surface area contributed by atoms with Crippen molar-refractivity contribution in [3.63, 3.8) is 0 Å². The number of ether oxygens (including phenoxy) is 1. The van der Waals surface area contributed by atoms with Gasteiger partial charge in [0.2, 0.25) is 0 Å². The van der Waals surface area contributed by atoms with Crippen LogP contribution in [0.2, 0.25) is 0 Å². The quantitative estimate of drug-likeness (QED) is 0.424. The lowest BCUT2D eigenvalue weighted by atomic mass is 10.1. The molecule has 0 saturated carbocycles. The molecular weight excluding hydrogens is 358 g/mol. The number of nitrogens with zero attached hydrogens (tertiary/aromatic N) is 3. The van der Waals surface area contributed by atoms with Crippen LogP contribution in [0.4, 0.5) is 11.4 Å². The topological polar surface area (TPSA) is 85.0 Å². The number of amidine groups is 1. The van der Waals surface area contributed by atoms with Gasteiger partial charge in [0.05, 0.1) is 24.3 Å². The van der Waals surface area contributed by atoms with E-state index in [1.165, 1.54) is 18.2 Å². The van der Waals surface area contributed by atoms with Gasteiger partial charge in [-0.3, -0.25) is 19.9 Å². The van der Waals surface area contributed by atoms with Crippen LogP contribution >= 0.6 is 0 Å². The number of para-hydroxylation sites is 2. The first-order chi connectivity index (χ1) is 13.6. The van der Waals surface area contributed by atoms with E-state index in [4.69, 9.17) is 9.73 Å². The SMILES string of the molecule is COc1ccccc1N(CC(=O)c1cccc([N+](=O)[O-])c1)C1=NCCCCC1. The first-order valence-electron chi connectivity index (χ1n) is 9.31. The second-order valence-corrected chi connectivity index (χ2v) is 6.60. The van der Waals surface area contributed by atoms with E-state index in [9.17, 15) is 14.9 Å². The number of methoxy groups -OCH3 is 1. The van der Waals surface area contributed by atoms with Crippen molar-refractivity contribution in [3.05, 3.63) is 64.2 Å². The van der Waals surface area contributed by atoms with Gasteiger partial charge in [0, 0.05) is 30.7 Å². The summed E-state index contributed by atoms with van der Waals surface area (Å²) in [4.78, 5) is 30.1. The molecular formula is C21H23N3O4. The van der Waals surface area contributed by atoms with Crippen LogP contribution in [-0.2, 0) is 0 Å². The van der Waals surface area contributed by atoms with Gasteiger partial charge in [0.1, 0.15) is 11.6 Å². The predicted molar refractivity (Wildman–Crippen MR) is 109 cm³/mol. The first kappa shape index (κ1) is 19.5. The molecule has 2 aromatic carbocycles. The Balaban J connectivity index is 1.95. The Hall–Kier alpha value is -3.22. The molecule has 0 radical (unpaired) electrons. The highest BCUT2D eigenvalue weighted by Gasteiger charge is 2.22. The van der Waals surface area contributed by atoms with Crippen LogP contribution in [0.1, 0.15) is 36.0 Å². The number of Topliss-reactive ketones (excluding diaryl/α,β-unsaturated/α-hetero) is 1. The van der Waals surface area contributed by atoms with Crippen LogP contribution in [0, 0.1) is 10.1 Å². The normalized spacial score (nSPS) is 14.0. The van der Waals surface area contributed by atoms with E-state index in [1.54, 1.807) is 13.2 Å².